The molecule has 1 aromatic heterocycles. The average Bonchev–Trinajstić information content (AvgIpc) is 3.01. The minimum absolute atomic E-state index is 0.0137. The summed E-state index contributed by atoms with van der Waals surface area (Å²) in [7, 11) is 0. The molecule has 4 rings (SSSR count). The van der Waals surface area contributed by atoms with Crippen LogP contribution in [0.25, 0.3) is 0 Å². The SMILES string of the molecule is CC1(C)CCN(CC(=O)Nc2cc(N3C(=O)N(Cc4ccncc4)C(C)(C)C3=O)ccc2OC(F)(F)F)CC1. The van der Waals surface area contributed by atoms with Gasteiger partial charge in [0.1, 0.15) is 5.54 Å². The van der Waals surface area contributed by atoms with Crippen molar-refractivity contribution in [3.8, 4) is 5.75 Å². The van der Waals surface area contributed by atoms with E-state index in [1.807, 2.05) is 4.90 Å². The van der Waals surface area contributed by atoms with Crippen LogP contribution in [0.4, 0.5) is 29.3 Å². The van der Waals surface area contributed by atoms with Gasteiger partial charge in [-0.3, -0.25) is 19.5 Å². The molecule has 12 heteroatoms. The van der Waals surface area contributed by atoms with E-state index in [-0.39, 0.29) is 29.9 Å². The van der Waals surface area contributed by atoms with Crippen molar-refractivity contribution in [2.24, 2.45) is 5.41 Å². The number of likely N-dealkylation sites (tertiary alicyclic amines) is 1. The summed E-state index contributed by atoms with van der Waals surface area (Å²) in [6.45, 7) is 8.98. The van der Waals surface area contributed by atoms with Crippen molar-refractivity contribution in [1.29, 1.82) is 0 Å². The Labute approximate surface area is 224 Å². The molecule has 2 aliphatic heterocycles. The molecular formula is C27H32F3N5O4. The number of imide groups is 1. The Morgan fingerprint density at radius 2 is 1.69 bits per heavy atom. The molecule has 2 aromatic rings. The average molecular weight is 548 g/mol. The second-order valence-electron chi connectivity index (χ2n) is 11.1. The molecule has 0 aliphatic carbocycles. The Balaban J connectivity index is 1.59. The van der Waals surface area contributed by atoms with Gasteiger partial charge in [-0.1, -0.05) is 13.8 Å². The molecule has 2 saturated heterocycles. The lowest BCUT2D eigenvalue weighted by Gasteiger charge is -2.36. The smallest absolute Gasteiger partial charge is 0.404 e. The molecule has 0 spiro atoms. The summed E-state index contributed by atoms with van der Waals surface area (Å²) in [5.41, 5.74) is -0.586. The van der Waals surface area contributed by atoms with Crippen LogP contribution < -0.4 is 15.0 Å². The van der Waals surface area contributed by atoms with E-state index in [0.29, 0.717) is 13.1 Å². The number of alkyl halides is 3. The highest BCUT2D eigenvalue weighted by Crippen LogP contribution is 2.38. The van der Waals surface area contributed by atoms with E-state index in [2.05, 4.69) is 28.9 Å². The van der Waals surface area contributed by atoms with Crippen LogP contribution in [0.3, 0.4) is 0 Å². The number of amides is 4. The summed E-state index contributed by atoms with van der Waals surface area (Å²) >= 11 is 0. The molecule has 2 aliphatic rings. The lowest BCUT2D eigenvalue weighted by Crippen LogP contribution is -2.43. The molecule has 39 heavy (non-hydrogen) atoms. The van der Waals surface area contributed by atoms with E-state index in [4.69, 9.17) is 0 Å². The maximum absolute atomic E-state index is 13.4. The van der Waals surface area contributed by atoms with Gasteiger partial charge in [0.05, 0.1) is 17.9 Å². The molecule has 0 atom stereocenters. The van der Waals surface area contributed by atoms with E-state index in [1.165, 1.54) is 11.0 Å². The maximum Gasteiger partial charge on any atom is 0.573 e. The Bertz CT molecular complexity index is 1240. The lowest BCUT2D eigenvalue weighted by molar-refractivity contribution is -0.274. The van der Waals surface area contributed by atoms with Gasteiger partial charge in [0.15, 0.2) is 5.75 Å². The number of carbonyl (C=O) groups is 3. The fraction of sp³-hybridized carbons (Fsp3) is 0.481. The zero-order valence-electron chi connectivity index (χ0n) is 22.3. The summed E-state index contributed by atoms with van der Waals surface area (Å²) in [6.07, 6.45) is -0.0858. The third kappa shape index (κ3) is 6.49. The molecule has 0 bridgehead atoms. The quantitative estimate of drug-likeness (QED) is 0.501. The second-order valence-corrected chi connectivity index (χ2v) is 11.1. The topological polar surface area (TPSA) is 95.1 Å². The number of piperidine rings is 1. The van der Waals surface area contributed by atoms with Crippen LogP contribution >= 0.6 is 0 Å². The van der Waals surface area contributed by atoms with Crippen molar-refractivity contribution in [3.63, 3.8) is 0 Å². The summed E-state index contributed by atoms with van der Waals surface area (Å²) in [4.78, 5) is 47.7. The Kier molecular flexibility index (Phi) is 7.61. The lowest BCUT2D eigenvalue weighted by atomic mass is 9.83. The van der Waals surface area contributed by atoms with Gasteiger partial charge in [-0.2, -0.15) is 0 Å². The van der Waals surface area contributed by atoms with Crippen molar-refractivity contribution in [2.75, 3.05) is 29.9 Å². The van der Waals surface area contributed by atoms with Crippen LogP contribution in [0.2, 0.25) is 0 Å². The number of aromatic nitrogens is 1. The highest BCUT2D eigenvalue weighted by atomic mass is 19.4. The number of ether oxygens (including phenoxy) is 1. The molecule has 0 saturated carbocycles. The first-order valence-corrected chi connectivity index (χ1v) is 12.6. The first kappa shape index (κ1) is 28.3. The van der Waals surface area contributed by atoms with Gasteiger partial charge in [0, 0.05) is 18.9 Å². The first-order valence-electron chi connectivity index (χ1n) is 12.6. The van der Waals surface area contributed by atoms with Gasteiger partial charge in [0.2, 0.25) is 5.91 Å². The number of carbonyl (C=O) groups excluding carboxylic acids is 3. The van der Waals surface area contributed by atoms with Crippen molar-refractivity contribution < 1.29 is 32.3 Å². The largest absolute Gasteiger partial charge is 0.573 e. The minimum Gasteiger partial charge on any atom is -0.404 e. The molecular weight excluding hydrogens is 515 g/mol. The number of hydrogen-bond acceptors (Lipinski definition) is 6. The number of nitrogens with zero attached hydrogens (tertiary/aromatic N) is 4. The Morgan fingerprint density at radius 1 is 1.05 bits per heavy atom. The number of pyridine rings is 1. The maximum atomic E-state index is 13.4. The third-order valence-corrected chi connectivity index (χ3v) is 7.21. The number of halogens is 3. The fourth-order valence-corrected chi connectivity index (χ4v) is 4.68. The van der Waals surface area contributed by atoms with E-state index in [1.54, 1.807) is 38.4 Å². The third-order valence-electron chi connectivity index (χ3n) is 7.21. The van der Waals surface area contributed by atoms with Gasteiger partial charge >= 0.3 is 12.4 Å². The highest BCUT2D eigenvalue weighted by Gasteiger charge is 2.52. The molecule has 210 valence electrons. The number of benzene rings is 1. The van der Waals surface area contributed by atoms with Gasteiger partial charge in [-0.15, -0.1) is 13.2 Å². The standard InChI is InChI=1S/C27H32F3N5O4/c1-25(2)9-13-33(14-10-25)17-22(36)32-20-15-19(5-6-21(20)39-27(28,29)30)35-23(37)26(3,4)34(24(35)38)16-18-7-11-31-12-8-18/h5-8,11-12,15H,9-10,13-14,16-17H2,1-4H3,(H,32,36). The van der Waals surface area contributed by atoms with Crippen LogP contribution in [0, 0.1) is 5.41 Å². The van der Waals surface area contributed by atoms with Gasteiger partial charge in [-0.05, 0) is 81.1 Å². The number of nitrogens with one attached hydrogen (secondary N) is 1. The van der Waals surface area contributed by atoms with Crippen LogP contribution in [0.1, 0.15) is 46.1 Å². The van der Waals surface area contributed by atoms with E-state index in [9.17, 15) is 27.6 Å². The van der Waals surface area contributed by atoms with Crippen LogP contribution in [-0.2, 0) is 16.1 Å². The van der Waals surface area contributed by atoms with Gasteiger partial charge in [-0.25, -0.2) is 9.69 Å². The number of hydrogen-bond donors (Lipinski definition) is 1. The Hall–Kier alpha value is -3.67. The van der Waals surface area contributed by atoms with Crippen LogP contribution in [-0.4, -0.2) is 64.2 Å². The molecule has 3 heterocycles. The highest BCUT2D eigenvalue weighted by molar-refractivity contribution is 6.23. The molecule has 1 aromatic carbocycles. The molecule has 2 fully saturated rings. The first-order chi connectivity index (χ1) is 18.2. The van der Waals surface area contributed by atoms with Gasteiger partial charge < -0.3 is 15.0 Å². The minimum atomic E-state index is -5.01. The van der Waals surface area contributed by atoms with Crippen molar-refractivity contribution >= 4 is 29.2 Å². The monoisotopic (exact) mass is 547 g/mol. The summed E-state index contributed by atoms with van der Waals surface area (Å²) in [6, 6.07) is 6.12. The molecule has 1 N–H and O–H groups in total. The number of urea groups is 1. The normalized spacial score (nSPS) is 19.4. The van der Waals surface area contributed by atoms with Crippen molar-refractivity contribution in [2.45, 2.75) is 59.0 Å². The van der Waals surface area contributed by atoms with E-state index < -0.39 is 35.5 Å². The summed E-state index contributed by atoms with van der Waals surface area (Å²) < 4.78 is 43.5. The van der Waals surface area contributed by atoms with Crippen molar-refractivity contribution in [1.82, 2.24) is 14.8 Å². The fourth-order valence-electron chi connectivity index (χ4n) is 4.68. The van der Waals surface area contributed by atoms with E-state index >= 15 is 0 Å². The zero-order valence-corrected chi connectivity index (χ0v) is 22.3. The van der Waals surface area contributed by atoms with Gasteiger partial charge in [0.25, 0.3) is 5.91 Å². The molecule has 9 nitrogen and oxygen atoms in total. The zero-order chi connectivity index (χ0) is 28.6. The summed E-state index contributed by atoms with van der Waals surface area (Å²) in [5, 5.41) is 2.49. The number of rotatable bonds is 7. The van der Waals surface area contributed by atoms with Crippen LogP contribution in [0.5, 0.6) is 5.75 Å². The Morgan fingerprint density at radius 3 is 2.31 bits per heavy atom. The molecule has 0 unspecified atom stereocenters. The predicted octanol–water partition coefficient (Wildman–Crippen LogP) is 4.79. The molecule has 0 radical (unpaired) electrons. The molecule has 4 amide bonds. The summed E-state index contributed by atoms with van der Waals surface area (Å²) in [5.74, 6) is -1.73. The predicted molar refractivity (Wildman–Crippen MR) is 138 cm³/mol. The van der Waals surface area contributed by atoms with Crippen LogP contribution in [0.15, 0.2) is 42.7 Å². The second kappa shape index (κ2) is 10.5. The van der Waals surface area contributed by atoms with Crippen molar-refractivity contribution in [3.05, 3.63) is 48.3 Å². The number of anilines is 2. The van der Waals surface area contributed by atoms with E-state index in [0.717, 1.165) is 35.4 Å².